The average molecular weight is 506 g/mol. The summed E-state index contributed by atoms with van der Waals surface area (Å²) in [5, 5.41) is 15.3. The van der Waals surface area contributed by atoms with Gasteiger partial charge in [0.05, 0.1) is 16.9 Å². The summed E-state index contributed by atoms with van der Waals surface area (Å²) in [4.78, 5) is 17.7. The summed E-state index contributed by atoms with van der Waals surface area (Å²) in [6.07, 6.45) is 9.54. The van der Waals surface area contributed by atoms with Crippen molar-refractivity contribution in [2.24, 2.45) is 0 Å². The van der Waals surface area contributed by atoms with Crippen LogP contribution in [0, 0.1) is 0 Å². The van der Waals surface area contributed by atoms with Crippen LogP contribution in [0.2, 0.25) is 0 Å². The maximum atomic E-state index is 11.6. The van der Waals surface area contributed by atoms with E-state index in [1.165, 1.54) is 0 Å². The van der Waals surface area contributed by atoms with Crippen LogP contribution in [0.15, 0.2) is 76.7 Å². The summed E-state index contributed by atoms with van der Waals surface area (Å²) < 4.78 is 11.6. The number of pyridine rings is 1. The van der Waals surface area contributed by atoms with Gasteiger partial charge in [0.15, 0.2) is 0 Å². The Bertz CT molecular complexity index is 1300. The molecule has 4 aromatic rings. The molecule has 7 nitrogen and oxygen atoms in total. The van der Waals surface area contributed by atoms with Gasteiger partial charge in [-0.2, -0.15) is 10.6 Å². The van der Waals surface area contributed by atoms with E-state index in [2.05, 4.69) is 55.9 Å². The number of hydroxylamine groups is 1. The number of carbonyl (C=O) groups is 1. The normalized spacial score (nSPS) is 11.2. The Hall–Kier alpha value is -3.69. The summed E-state index contributed by atoms with van der Waals surface area (Å²) in [6, 6.07) is 20.4. The van der Waals surface area contributed by atoms with Crippen molar-refractivity contribution in [1.29, 1.82) is 0 Å². The molecular weight excluding hydrogens is 477 g/mol. The second-order valence-corrected chi connectivity index (χ2v) is 9.31. The fraction of sp³-hybridized carbons (Fsp3) is 0.222. The predicted octanol–water partition coefficient (Wildman–Crippen LogP) is 6.57. The van der Waals surface area contributed by atoms with Crippen molar-refractivity contribution < 1.29 is 14.4 Å². The molecule has 0 saturated carbocycles. The van der Waals surface area contributed by atoms with Gasteiger partial charge >= 0.3 is 0 Å². The minimum Gasteiger partial charge on any atom is -0.384 e. The van der Waals surface area contributed by atoms with Gasteiger partial charge in [-0.25, -0.2) is 0 Å². The third-order valence-corrected chi connectivity index (χ3v) is 6.64. The van der Waals surface area contributed by atoms with E-state index in [1.807, 2.05) is 42.5 Å². The Morgan fingerprint density at radius 3 is 2.75 bits per heavy atom. The molecule has 0 aliphatic rings. The lowest BCUT2D eigenvalue weighted by atomic mass is 10.1. The number of hydrogen-bond donors (Lipinski definition) is 3. The van der Waals surface area contributed by atoms with Crippen LogP contribution in [-0.4, -0.2) is 27.6 Å². The molecule has 3 N–H and O–H groups in total. The van der Waals surface area contributed by atoms with Crippen LogP contribution in [0.25, 0.3) is 23.1 Å². The van der Waals surface area contributed by atoms with Crippen molar-refractivity contribution in [3.05, 3.63) is 78.2 Å². The summed E-state index contributed by atoms with van der Waals surface area (Å²) >= 11 is 1.70. The van der Waals surface area contributed by atoms with Gasteiger partial charge in [0.1, 0.15) is 0 Å². The highest BCUT2D eigenvalue weighted by Crippen LogP contribution is 2.35. The SMILES string of the molecule is O=C(CCCCCCNc1ccccc1Sc1ccc2c(/C=C/c3ccccn3)n[nH]c2c1)NOF. The Morgan fingerprint density at radius 2 is 1.89 bits per heavy atom. The number of nitrogens with one attached hydrogen (secondary N) is 3. The number of carbonyl (C=O) groups excluding carboxylic acids is 1. The van der Waals surface area contributed by atoms with Gasteiger partial charge in [-0.1, -0.05) is 47.8 Å². The number of hydrogen-bond acceptors (Lipinski definition) is 6. The van der Waals surface area contributed by atoms with E-state index >= 15 is 0 Å². The molecule has 4 rings (SSSR count). The maximum absolute atomic E-state index is 11.6. The van der Waals surface area contributed by atoms with Gasteiger partial charge in [0.25, 0.3) is 0 Å². The van der Waals surface area contributed by atoms with Crippen molar-refractivity contribution in [3.8, 4) is 0 Å². The molecule has 0 fully saturated rings. The molecule has 0 spiro atoms. The first kappa shape index (κ1) is 25.4. The molecule has 0 atom stereocenters. The Morgan fingerprint density at radius 1 is 1.03 bits per heavy atom. The molecule has 2 aromatic carbocycles. The van der Waals surface area contributed by atoms with Crippen molar-refractivity contribution in [3.63, 3.8) is 0 Å². The molecule has 2 heterocycles. The molecular formula is C27H28FN5O2S. The number of para-hydroxylation sites is 1. The van der Waals surface area contributed by atoms with E-state index in [-0.39, 0.29) is 6.42 Å². The number of halogens is 1. The van der Waals surface area contributed by atoms with Gasteiger partial charge < -0.3 is 5.32 Å². The van der Waals surface area contributed by atoms with Gasteiger partial charge in [0, 0.05) is 40.0 Å². The van der Waals surface area contributed by atoms with Crippen LogP contribution in [0.1, 0.15) is 43.5 Å². The summed E-state index contributed by atoms with van der Waals surface area (Å²) in [5.41, 5.74) is 5.53. The van der Waals surface area contributed by atoms with E-state index in [0.717, 1.165) is 63.6 Å². The molecule has 0 radical (unpaired) electrons. The fourth-order valence-corrected chi connectivity index (χ4v) is 4.72. The lowest BCUT2D eigenvalue weighted by molar-refractivity contribution is -0.198. The molecule has 0 aliphatic carbocycles. The molecule has 36 heavy (non-hydrogen) atoms. The van der Waals surface area contributed by atoms with Gasteiger partial charge in [0.2, 0.25) is 5.91 Å². The molecule has 1 amide bonds. The number of nitrogens with zero attached hydrogens (tertiary/aromatic N) is 2. The third-order valence-electron chi connectivity index (χ3n) is 5.58. The monoisotopic (exact) mass is 505 g/mol. The van der Waals surface area contributed by atoms with E-state index in [4.69, 9.17) is 0 Å². The maximum Gasteiger partial charge on any atom is 0.246 e. The van der Waals surface area contributed by atoms with E-state index in [9.17, 15) is 9.32 Å². The van der Waals surface area contributed by atoms with Crippen molar-refractivity contribution in [1.82, 2.24) is 20.7 Å². The number of amides is 1. The zero-order valence-corrected chi connectivity index (χ0v) is 20.6. The molecule has 2 aromatic heterocycles. The number of benzene rings is 2. The molecule has 0 aliphatic heterocycles. The second kappa shape index (κ2) is 13.4. The Balaban J connectivity index is 1.31. The molecule has 0 unspecified atom stereocenters. The molecule has 0 saturated heterocycles. The lowest BCUT2D eigenvalue weighted by Gasteiger charge is -2.12. The minimum atomic E-state index is -0.438. The van der Waals surface area contributed by atoms with E-state index in [1.54, 1.807) is 23.4 Å². The largest absolute Gasteiger partial charge is 0.384 e. The van der Waals surface area contributed by atoms with Crippen molar-refractivity contribution >= 4 is 46.4 Å². The zero-order chi connectivity index (χ0) is 25.0. The quantitative estimate of drug-likeness (QED) is 0.141. The average Bonchev–Trinajstić information content (AvgIpc) is 3.31. The summed E-state index contributed by atoms with van der Waals surface area (Å²) in [5.74, 6) is -0.438. The van der Waals surface area contributed by atoms with Crippen LogP contribution in [-0.2, 0) is 9.84 Å². The van der Waals surface area contributed by atoms with Crippen LogP contribution in [0.3, 0.4) is 0 Å². The third kappa shape index (κ3) is 7.40. The second-order valence-electron chi connectivity index (χ2n) is 8.20. The van der Waals surface area contributed by atoms with Gasteiger partial charge in [-0.05, 0) is 72.0 Å². The molecule has 186 valence electrons. The number of H-pyrrole nitrogens is 1. The van der Waals surface area contributed by atoms with Crippen molar-refractivity contribution in [2.75, 3.05) is 11.9 Å². The number of aromatic nitrogens is 3. The molecule has 0 bridgehead atoms. The highest BCUT2D eigenvalue weighted by atomic mass is 32.2. The highest BCUT2D eigenvalue weighted by Gasteiger charge is 2.08. The van der Waals surface area contributed by atoms with Crippen LogP contribution < -0.4 is 10.8 Å². The smallest absolute Gasteiger partial charge is 0.246 e. The van der Waals surface area contributed by atoms with E-state index < -0.39 is 5.91 Å². The standard InChI is InChI=1S/C27H28FN5O2S/c28-35-33-27(34)12-3-1-2-7-18-30-24-10-4-5-11-26(24)36-21-14-15-22-23(31-32-25(22)19-21)16-13-20-9-6-8-17-29-20/h4-6,8-11,13-17,19,30H,1-3,7,12,18H2,(H,31,32)(H,33,34)/b16-13+. The molecule has 9 heteroatoms. The predicted molar refractivity (Wildman–Crippen MR) is 142 cm³/mol. The minimum absolute atomic E-state index is 0.263. The van der Waals surface area contributed by atoms with E-state index in [0.29, 0.717) is 6.42 Å². The van der Waals surface area contributed by atoms with Gasteiger partial charge in [-0.15, -0.1) is 0 Å². The first-order valence-electron chi connectivity index (χ1n) is 11.9. The summed E-state index contributed by atoms with van der Waals surface area (Å²) in [6.45, 7) is 0.836. The number of rotatable bonds is 13. The first-order valence-corrected chi connectivity index (χ1v) is 12.7. The Kier molecular flexibility index (Phi) is 9.46. The van der Waals surface area contributed by atoms with Crippen LogP contribution >= 0.6 is 11.8 Å². The zero-order valence-electron chi connectivity index (χ0n) is 19.7. The number of anilines is 1. The summed E-state index contributed by atoms with van der Waals surface area (Å²) in [7, 11) is 0. The van der Waals surface area contributed by atoms with Crippen molar-refractivity contribution in [2.45, 2.75) is 41.9 Å². The number of fused-ring (bicyclic) bond motifs is 1. The highest BCUT2D eigenvalue weighted by molar-refractivity contribution is 7.99. The number of unbranched alkanes of at least 4 members (excludes halogenated alkanes) is 3. The van der Waals surface area contributed by atoms with Crippen LogP contribution in [0.5, 0.6) is 0 Å². The van der Waals surface area contributed by atoms with Gasteiger partial charge in [-0.3, -0.25) is 14.9 Å². The lowest BCUT2D eigenvalue weighted by Crippen LogP contribution is -2.19. The topological polar surface area (TPSA) is 91.9 Å². The first-order chi connectivity index (χ1) is 17.7. The Labute approximate surface area is 213 Å². The number of aromatic amines is 1. The fourth-order valence-electron chi connectivity index (χ4n) is 3.76. The van der Waals surface area contributed by atoms with Crippen LogP contribution in [0.4, 0.5) is 10.2 Å².